The van der Waals surface area contributed by atoms with Gasteiger partial charge in [-0.05, 0) is 36.5 Å². The van der Waals surface area contributed by atoms with Crippen LogP contribution < -0.4 is 5.32 Å². The lowest BCUT2D eigenvalue weighted by molar-refractivity contribution is 0.0887. The highest BCUT2D eigenvalue weighted by molar-refractivity contribution is 5.94. The maximum Gasteiger partial charge on any atom is 0.254 e. The van der Waals surface area contributed by atoms with Crippen molar-refractivity contribution in [2.24, 2.45) is 5.41 Å². The van der Waals surface area contributed by atoms with E-state index in [9.17, 15) is 9.18 Å². The Morgan fingerprint density at radius 2 is 2.25 bits per heavy atom. The van der Waals surface area contributed by atoms with Gasteiger partial charge in [-0.1, -0.05) is 25.2 Å². The summed E-state index contributed by atoms with van der Waals surface area (Å²) in [4.78, 5) is 12.0. The van der Waals surface area contributed by atoms with E-state index in [4.69, 9.17) is 5.11 Å². The highest BCUT2D eigenvalue weighted by atomic mass is 19.1. The molecule has 0 atom stereocenters. The Balaban J connectivity index is 2.02. The minimum Gasteiger partial charge on any atom is -0.384 e. The zero-order chi connectivity index (χ0) is 14.6. The smallest absolute Gasteiger partial charge is 0.254 e. The number of carbonyl (C=O) groups excluding carboxylic acids is 1. The number of aliphatic hydroxyl groups excluding tert-OH is 1. The van der Waals surface area contributed by atoms with Crippen molar-refractivity contribution in [3.63, 3.8) is 0 Å². The van der Waals surface area contributed by atoms with Crippen LogP contribution in [0.4, 0.5) is 4.39 Å². The first-order valence-electron chi connectivity index (χ1n) is 6.72. The summed E-state index contributed by atoms with van der Waals surface area (Å²) >= 11 is 0. The first-order chi connectivity index (χ1) is 9.54. The van der Waals surface area contributed by atoms with E-state index in [2.05, 4.69) is 24.1 Å². The van der Waals surface area contributed by atoms with Crippen LogP contribution in [0.15, 0.2) is 18.2 Å². The van der Waals surface area contributed by atoms with E-state index in [0.717, 1.165) is 12.8 Å². The Morgan fingerprint density at radius 3 is 2.80 bits per heavy atom. The number of aliphatic hydroxyl groups is 1. The second-order valence-electron chi connectivity index (χ2n) is 5.50. The summed E-state index contributed by atoms with van der Waals surface area (Å²) in [5.74, 6) is 4.06. The second-order valence-corrected chi connectivity index (χ2v) is 5.50. The predicted molar refractivity (Wildman–Crippen MR) is 74.7 cm³/mol. The van der Waals surface area contributed by atoms with E-state index in [0.29, 0.717) is 12.1 Å². The van der Waals surface area contributed by atoms with Gasteiger partial charge in [-0.2, -0.15) is 0 Å². The van der Waals surface area contributed by atoms with Gasteiger partial charge in [-0.15, -0.1) is 0 Å². The first-order valence-corrected chi connectivity index (χ1v) is 6.72. The highest BCUT2D eigenvalue weighted by Crippen LogP contribution is 2.39. The molecule has 0 saturated heterocycles. The molecular formula is C16H18FNO2. The Hall–Kier alpha value is -1.86. The largest absolute Gasteiger partial charge is 0.384 e. The lowest BCUT2D eigenvalue weighted by Gasteiger charge is -2.38. The van der Waals surface area contributed by atoms with Gasteiger partial charge in [-0.25, -0.2) is 4.39 Å². The van der Waals surface area contributed by atoms with Crippen LogP contribution in [0.2, 0.25) is 0 Å². The van der Waals surface area contributed by atoms with Crippen molar-refractivity contribution >= 4 is 5.91 Å². The normalized spacial score (nSPS) is 15.8. The maximum absolute atomic E-state index is 13.9. The molecule has 0 aliphatic heterocycles. The number of benzene rings is 1. The minimum atomic E-state index is -0.592. The van der Waals surface area contributed by atoms with Gasteiger partial charge in [0.05, 0.1) is 5.56 Å². The number of nitrogens with one attached hydrogen (secondary N) is 1. The summed E-state index contributed by atoms with van der Waals surface area (Å²) in [7, 11) is 0. The fourth-order valence-corrected chi connectivity index (χ4v) is 2.26. The molecule has 20 heavy (non-hydrogen) atoms. The van der Waals surface area contributed by atoms with E-state index in [1.54, 1.807) is 6.07 Å². The van der Waals surface area contributed by atoms with Crippen molar-refractivity contribution in [3.8, 4) is 11.8 Å². The standard InChI is InChI=1S/C16H18FNO2/c1-16(7-3-8-16)11-18-15(20)13-6-5-12(4-2-9-19)10-14(13)17/h5-6,10,19H,3,7-9,11H2,1H3,(H,18,20). The predicted octanol–water partition coefficient (Wildman–Crippen LogP) is 2.09. The SMILES string of the molecule is CC1(CNC(=O)c2ccc(C#CCO)cc2F)CCC1. The van der Waals surface area contributed by atoms with Crippen molar-refractivity contribution in [2.75, 3.05) is 13.2 Å². The molecule has 1 aromatic carbocycles. The summed E-state index contributed by atoms with van der Waals surface area (Å²) in [5.41, 5.74) is 0.639. The van der Waals surface area contributed by atoms with Gasteiger partial charge >= 0.3 is 0 Å². The van der Waals surface area contributed by atoms with Crippen LogP contribution in [-0.2, 0) is 0 Å². The summed E-state index contributed by atoms with van der Waals surface area (Å²) in [5, 5.41) is 11.4. The fourth-order valence-electron chi connectivity index (χ4n) is 2.26. The molecule has 4 heteroatoms. The quantitative estimate of drug-likeness (QED) is 0.830. The number of hydrogen-bond donors (Lipinski definition) is 2. The maximum atomic E-state index is 13.9. The zero-order valence-corrected chi connectivity index (χ0v) is 11.5. The summed E-state index contributed by atoms with van der Waals surface area (Å²) in [6.45, 7) is 2.43. The third kappa shape index (κ3) is 3.37. The highest BCUT2D eigenvalue weighted by Gasteiger charge is 2.32. The van der Waals surface area contributed by atoms with Gasteiger partial charge in [0.1, 0.15) is 12.4 Å². The van der Waals surface area contributed by atoms with Crippen molar-refractivity contribution in [3.05, 3.63) is 35.1 Å². The molecular weight excluding hydrogens is 257 g/mol. The molecule has 0 bridgehead atoms. The fraction of sp³-hybridized carbons (Fsp3) is 0.438. The van der Waals surface area contributed by atoms with E-state index in [1.165, 1.54) is 18.6 Å². The van der Waals surface area contributed by atoms with Gasteiger partial charge in [0.25, 0.3) is 5.91 Å². The van der Waals surface area contributed by atoms with Crippen molar-refractivity contribution in [1.82, 2.24) is 5.32 Å². The van der Waals surface area contributed by atoms with Gasteiger partial charge in [0.2, 0.25) is 0 Å². The van der Waals surface area contributed by atoms with Crippen LogP contribution in [0.3, 0.4) is 0 Å². The van der Waals surface area contributed by atoms with Crippen LogP contribution in [0.1, 0.15) is 42.1 Å². The van der Waals surface area contributed by atoms with Gasteiger partial charge in [0, 0.05) is 12.1 Å². The molecule has 0 spiro atoms. The van der Waals surface area contributed by atoms with Crippen molar-refractivity contribution in [2.45, 2.75) is 26.2 Å². The van der Waals surface area contributed by atoms with E-state index >= 15 is 0 Å². The molecule has 1 fully saturated rings. The second kappa shape index (κ2) is 6.06. The van der Waals surface area contributed by atoms with Crippen LogP contribution in [0.25, 0.3) is 0 Å². The third-order valence-corrected chi connectivity index (χ3v) is 3.76. The number of rotatable bonds is 3. The molecule has 0 heterocycles. The molecule has 2 N–H and O–H groups in total. The molecule has 1 aliphatic carbocycles. The average molecular weight is 275 g/mol. The molecule has 2 rings (SSSR count). The molecule has 1 amide bonds. The molecule has 106 valence electrons. The van der Waals surface area contributed by atoms with Crippen LogP contribution in [0, 0.1) is 23.1 Å². The van der Waals surface area contributed by atoms with Gasteiger partial charge in [0.15, 0.2) is 0 Å². The van der Waals surface area contributed by atoms with Crippen LogP contribution in [-0.4, -0.2) is 24.2 Å². The third-order valence-electron chi connectivity index (χ3n) is 3.76. The number of amides is 1. The van der Waals surface area contributed by atoms with Gasteiger partial charge < -0.3 is 10.4 Å². The molecule has 1 aromatic rings. The topological polar surface area (TPSA) is 49.3 Å². The van der Waals surface area contributed by atoms with Crippen molar-refractivity contribution in [1.29, 1.82) is 0 Å². The molecule has 0 radical (unpaired) electrons. The number of carbonyl (C=O) groups is 1. The summed E-state index contributed by atoms with van der Waals surface area (Å²) < 4.78 is 13.9. The summed E-state index contributed by atoms with van der Waals surface area (Å²) in [6, 6.07) is 4.21. The van der Waals surface area contributed by atoms with E-state index in [1.807, 2.05) is 0 Å². The van der Waals surface area contributed by atoms with Crippen molar-refractivity contribution < 1.29 is 14.3 Å². The lowest BCUT2D eigenvalue weighted by atomic mass is 9.70. The molecule has 1 saturated carbocycles. The minimum absolute atomic E-state index is 0.0301. The van der Waals surface area contributed by atoms with Crippen LogP contribution in [0.5, 0.6) is 0 Å². The molecule has 3 nitrogen and oxygen atoms in total. The Morgan fingerprint density at radius 1 is 1.50 bits per heavy atom. The van der Waals surface area contributed by atoms with E-state index in [-0.39, 0.29) is 17.6 Å². The molecule has 1 aliphatic rings. The lowest BCUT2D eigenvalue weighted by Crippen LogP contribution is -2.40. The summed E-state index contributed by atoms with van der Waals surface area (Å²) in [6.07, 6.45) is 3.40. The Labute approximate surface area is 118 Å². The Bertz CT molecular complexity index is 568. The average Bonchev–Trinajstić information content (AvgIpc) is 2.40. The zero-order valence-electron chi connectivity index (χ0n) is 11.5. The number of hydrogen-bond acceptors (Lipinski definition) is 2. The number of halogens is 1. The Kier molecular flexibility index (Phi) is 4.41. The van der Waals surface area contributed by atoms with Crippen LogP contribution >= 0.6 is 0 Å². The molecule has 0 unspecified atom stereocenters. The first kappa shape index (κ1) is 14.5. The molecule has 0 aromatic heterocycles. The monoisotopic (exact) mass is 275 g/mol. The van der Waals surface area contributed by atoms with E-state index < -0.39 is 11.7 Å². The van der Waals surface area contributed by atoms with Gasteiger partial charge in [-0.3, -0.25) is 4.79 Å².